The van der Waals surface area contributed by atoms with Crippen LogP contribution in [0, 0.1) is 0 Å². The van der Waals surface area contributed by atoms with Crippen molar-refractivity contribution in [1.29, 1.82) is 0 Å². The maximum Gasteiger partial charge on any atom is 0.337 e. The van der Waals surface area contributed by atoms with Gasteiger partial charge in [0.25, 0.3) is 0 Å². The summed E-state index contributed by atoms with van der Waals surface area (Å²) in [5.74, 6) is -1.05. The summed E-state index contributed by atoms with van der Waals surface area (Å²) >= 11 is 0. The molecule has 5 heteroatoms. The number of rotatable bonds is 2. The number of aromatic carboxylic acids is 1. The van der Waals surface area contributed by atoms with Crippen molar-refractivity contribution >= 4 is 11.7 Å². The molecule has 0 bridgehead atoms. The predicted molar refractivity (Wildman–Crippen MR) is 56.5 cm³/mol. The standard InChI is InChI=1S/C11H12FNO3/c12-10-7-16-6-5-13(10)9-4-2-1-3-8(9)11(14)15/h1-4,10H,5-7H2,(H,14,15). The van der Waals surface area contributed by atoms with Crippen molar-refractivity contribution in [3.63, 3.8) is 0 Å². The minimum Gasteiger partial charge on any atom is -0.478 e. The summed E-state index contributed by atoms with van der Waals surface area (Å²) in [6.45, 7) is 0.758. The summed E-state index contributed by atoms with van der Waals surface area (Å²) in [7, 11) is 0. The lowest BCUT2D eigenvalue weighted by Gasteiger charge is -2.33. The molecule has 0 spiro atoms. The first-order valence-corrected chi connectivity index (χ1v) is 5.01. The van der Waals surface area contributed by atoms with Crippen molar-refractivity contribution < 1.29 is 19.0 Å². The van der Waals surface area contributed by atoms with Crippen molar-refractivity contribution in [3.05, 3.63) is 29.8 Å². The second-order valence-electron chi connectivity index (χ2n) is 3.53. The Balaban J connectivity index is 2.34. The fourth-order valence-corrected chi connectivity index (χ4v) is 1.75. The molecule has 16 heavy (non-hydrogen) atoms. The van der Waals surface area contributed by atoms with E-state index in [9.17, 15) is 9.18 Å². The number of alkyl halides is 1. The quantitative estimate of drug-likeness (QED) is 0.775. The monoisotopic (exact) mass is 225 g/mol. The van der Waals surface area contributed by atoms with Crippen molar-refractivity contribution in [2.24, 2.45) is 0 Å². The Morgan fingerprint density at radius 3 is 2.94 bits per heavy atom. The van der Waals surface area contributed by atoms with Crippen LogP contribution < -0.4 is 4.90 Å². The number of carbonyl (C=O) groups is 1. The minimum atomic E-state index is -1.28. The molecule has 1 atom stereocenters. The van der Waals surface area contributed by atoms with Gasteiger partial charge >= 0.3 is 5.97 Å². The highest BCUT2D eigenvalue weighted by atomic mass is 19.1. The zero-order valence-electron chi connectivity index (χ0n) is 8.60. The first kappa shape index (κ1) is 10.9. The molecule has 0 radical (unpaired) electrons. The van der Waals surface area contributed by atoms with Gasteiger partial charge in [0.15, 0.2) is 6.30 Å². The lowest BCUT2D eigenvalue weighted by atomic mass is 10.1. The number of benzene rings is 1. The van der Waals surface area contributed by atoms with E-state index in [2.05, 4.69) is 0 Å². The molecule has 86 valence electrons. The third-order valence-electron chi connectivity index (χ3n) is 2.51. The van der Waals surface area contributed by atoms with E-state index in [1.807, 2.05) is 0 Å². The molecular weight excluding hydrogens is 213 g/mol. The number of carboxylic acid groups (broad SMARTS) is 1. The van der Waals surface area contributed by atoms with Gasteiger partial charge in [-0.2, -0.15) is 0 Å². The fraction of sp³-hybridized carbons (Fsp3) is 0.364. The lowest BCUT2D eigenvalue weighted by molar-refractivity contribution is 0.0492. The average Bonchev–Trinajstić information content (AvgIpc) is 2.29. The van der Waals surface area contributed by atoms with Gasteiger partial charge in [-0.1, -0.05) is 12.1 Å². The molecule has 4 nitrogen and oxygen atoms in total. The zero-order valence-corrected chi connectivity index (χ0v) is 8.60. The van der Waals surface area contributed by atoms with Crippen molar-refractivity contribution in [2.45, 2.75) is 6.30 Å². The number of halogens is 1. The van der Waals surface area contributed by atoms with Crippen LogP contribution in [-0.4, -0.2) is 37.1 Å². The van der Waals surface area contributed by atoms with Crippen LogP contribution in [0.3, 0.4) is 0 Å². The molecule has 2 rings (SSSR count). The molecule has 0 amide bonds. The highest BCUT2D eigenvalue weighted by molar-refractivity contribution is 5.94. The van der Waals surface area contributed by atoms with Gasteiger partial charge in [0.2, 0.25) is 0 Å². The lowest BCUT2D eigenvalue weighted by Crippen LogP contribution is -2.43. The third-order valence-corrected chi connectivity index (χ3v) is 2.51. The molecule has 1 heterocycles. The molecule has 1 unspecified atom stereocenters. The number of ether oxygens (including phenoxy) is 1. The first-order valence-electron chi connectivity index (χ1n) is 5.01. The maximum atomic E-state index is 13.6. The molecular formula is C11H12FNO3. The van der Waals surface area contributed by atoms with Crippen molar-refractivity contribution in [1.82, 2.24) is 0 Å². The van der Waals surface area contributed by atoms with Crippen molar-refractivity contribution in [2.75, 3.05) is 24.7 Å². The van der Waals surface area contributed by atoms with E-state index in [1.54, 1.807) is 18.2 Å². The number of hydrogen-bond donors (Lipinski definition) is 1. The van der Waals surface area contributed by atoms with Crippen LogP contribution in [0.15, 0.2) is 24.3 Å². The largest absolute Gasteiger partial charge is 0.478 e. The van der Waals surface area contributed by atoms with Crippen molar-refractivity contribution in [3.8, 4) is 0 Å². The Morgan fingerprint density at radius 2 is 2.25 bits per heavy atom. The normalized spacial score (nSPS) is 20.8. The number of nitrogens with zero attached hydrogens (tertiary/aromatic N) is 1. The smallest absolute Gasteiger partial charge is 0.337 e. The molecule has 1 N–H and O–H groups in total. The number of morpholine rings is 1. The van der Waals surface area contributed by atoms with E-state index >= 15 is 0 Å². The summed E-state index contributed by atoms with van der Waals surface area (Å²) in [4.78, 5) is 12.4. The van der Waals surface area contributed by atoms with Crippen LogP contribution in [0.4, 0.5) is 10.1 Å². The van der Waals surface area contributed by atoms with Gasteiger partial charge in [-0.15, -0.1) is 0 Å². The Bertz CT molecular complexity index is 397. The molecule has 1 aromatic rings. The van der Waals surface area contributed by atoms with E-state index < -0.39 is 12.3 Å². The molecule has 1 aliphatic heterocycles. The molecule has 0 aliphatic carbocycles. The average molecular weight is 225 g/mol. The number of anilines is 1. The van der Waals surface area contributed by atoms with Gasteiger partial charge in [0.05, 0.1) is 24.5 Å². The van der Waals surface area contributed by atoms with E-state index in [4.69, 9.17) is 9.84 Å². The second kappa shape index (κ2) is 4.49. The SMILES string of the molecule is O=C(O)c1ccccc1N1CCOCC1F. The minimum absolute atomic E-state index is 0.0199. The Hall–Kier alpha value is -1.62. The number of para-hydroxylation sites is 1. The summed E-state index contributed by atoms with van der Waals surface area (Å²) in [5.41, 5.74) is 0.526. The molecule has 1 fully saturated rings. The van der Waals surface area contributed by atoms with Gasteiger partial charge < -0.3 is 14.7 Å². The Morgan fingerprint density at radius 1 is 1.50 bits per heavy atom. The zero-order chi connectivity index (χ0) is 11.5. The van der Waals surface area contributed by atoms with E-state index in [0.717, 1.165) is 0 Å². The third kappa shape index (κ3) is 1.99. The maximum absolute atomic E-state index is 13.6. The fourth-order valence-electron chi connectivity index (χ4n) is 1.75. The summed E-state index contributed by atoms with van der Waals surface area (Å²) < 4.78 is 18.6. The van der Waals surface area contributed by atoms with Gasteiger partial charge in [-0.05, 0) is 12.1 Å². The van der Waals surface area contributed by atoms with Crippen LogP contribution in [0.2, 0.25) is 0 Å². The van der Waals surface area contributed by atoms with Crippen LogP contribution in [0.25, 0.3) is 0 Å². The molecule has 0 saturated carbocycles. The topological polar surface area (TPSA) is 49.8 Å². The molecule has 1 saturated heterocycles. The second-order valence-corrected chi connectivity index (χ2v) is 3.53. The van der Waals surface area contributed by atoms with Crippen LogP contribution in [-0.2, 0) is 4.74 Å². The van der Waals surface area contributed by atoms with Gasteiger partial charge in [-0.3, -0.25) is 0 Å². The van der Waals surface area contributed by atoms with E-state index in [0.29, 0.717) is 18.8 Å². The number of carboxylic acids is 1. The van der Waals surface area contributed by atoms with Crippen LogP contribution in [0.5, 0.6) is 0 Å². The van der Waals surface area contributed by atoms with E-state index in [-0.39, 0.29) is 12.2 Å². The molecule has 1 aliphatic rings. The number of hydrogen-bond acceptors (Lipinski definition) is 3. The molecule has 0 aromatic heterocycles. The Labute approximate surface area is 92.2 Å². The first-order chi connectivity index (χ1) is 7.70. The van der Waals surface area contributed by atoms with Gasteiger partial charge in [0, 0.05) is 6.54 Å². The summed E-state index contributed by atoms with van der Waals surface area (Å²) in [6, 6.07) is 6.41. The summed E-state index contributed by atoms with van der Waals surface area (Å²) in [6.07, 6.45) is -1.28. The van der Waals surface area contributed by atoms with Crippen LogP contribution >= 0.6 is 0 Å². The highest BCUT2D eigenvalue weighted by Crippen LogP contribution is 2.24. The van der Waals surface area contributed by atoms with Gasteiger partial charge in [-0.25, -0.2) is 9.18 Å². The molecule has 1 aromatic carbocycles. The van der Waals surface area contributed by atoms with Crippen LogP contribution in [0.1, 0.15) is 10.4 Å². The summed E-state index contributed by atoms with van der Waals surface area (Å²) in [5, 5.41) is 9.00. The Kier molecular flexibility index (Phi) is 3.05. The highest BCUT2D eigenvalue weighted by Gasteiger charge is 2.25. The van der Waals surface area contributed by atoms with E-state index in [1.165, 1.54) is 11.0 Å². The predicted octanol–water partition coefficient (Wildman–Crippen LogP) is 1.52. The van der Waals surface area contributed by atoms with Gasteiger partial charge in [0.1, 0.15) is 0 Å².